The molecule has 0 bridgehead atoms. The molecule has 2 N–H and O–H groups in total. The summed E-state index contributed by atoms with van der Waals surface area (Å²) >= 11 is 12.0. The van der Waals surface area contributed by atoms with Gasteiger partial charge in [-0.3, -0.25) is 4.79 Å². The van der Waals surface area contributed by atoms with Gasteiger partial charge in [0.15, 0.2) is 0 Å². The second-order valence-electron chi connectivity index (χ2n) is 4.78. The van der Waals surface area contributed by atoms with Gasteiger partial charge in [0, 0.05) is 20.2 Å². The molecule has 1 saturated heterocycles. The number of halogens is 2. The maximum absolute atomic E-state index is 11.8. The van der Waals surface area contributed by atoms with Crippen molar-refractivity contribution in [3.8, 4) is 0 Å². The van der Waals surface area contributed by atoms with Crippen LogP contribution in [0.25, 0.3) is 0 Å². The molecule has 2 rings (SSSR count). The van der Waals surface area contributed by atoms with Gasteiger partial charge in [-0.2, -0.15) is 0 Å². The van der Waals surface area contributed by atoms with Gasteiger partial charge < -0.3 is 20.1 Å². The number of amides is 1. The lowest BCUT2D eigenvalue weighted by molar-refractivity contribution is -0.126. The van der Waals surface area contributed by atoms with E-state index in [1.54, 1.807) is 12.1 Å². The van der Waals surface area contributed by atoms with E-state index in [1.807, 2.05) is 6.07 Å². The Balaban J connectivity index is 2.18. The summed E-state index contributed by atoms with van der Waals surface area (Å²) in [6.45, 7) is 1.92. The molecule has 1 fully saturated rings. The quantitative estimate of drug-likeness (QED) is 0.882. The minimum absolute atomic E-state index is 0.0184. The van der Waals surface area contributed by atoms with Crippen LogP contribution in [0.15, 0.2) is 18.2 Å². The molecule has 1 aliphatic heterocycles. The van der Waals surface area contributed by atoms with Crippen molar-refractivity contribution in [2.45, 2.75) is 12.1 Å². The first-order chi connectivity index (χ1) is 10.1. The first-order valence-corrected chi connectivity index (χ1v) is 7.43. The van der Waals surface area contributed by atoms with Crippen molar-refractivity contribution in [1.29, 1.82) is 0 Å². The first kappa shape index (κ1) is 16.5. The van der Waals surface area contributed by atoms with Crippen LogP contribution >= 0.6 is 23.2 Å². The SMILES string of the molecule is COCC(=O)N[C@@H]1CNCCO[C@H]1c1ccc(Cl)c(Cl)c1. The highest BCUT2D eigenvalue weighted by atomic mass is 35.5. The van der Waals surface area contributed by atoms with E-state index >= 15 is 0 Å². The van der Waals surface area contributed by atoms with E-state index < -0.39 is 0 Å². The molecule has 0 radical (unpaired) electrons. The molecule has 2 atom stereocenters. The lowest BCUT2D eigenvalue weighted by Gasteiger charge is -2.26. The summed E-state index contributed by atoms with van der Waals surface area (Å²) in [6, 6.07) is 5.16. The predicted molar refractivity (Wildman–Crippen MR) is 81.8 cm³/mol. The number of hydrogen-bond acceptors (Lipinski definition) is 4. The van der Waals surface area contributed by atoms with Crippen LogP contribution in [0.3, 0.4) is 0 Å². The standard InChI is InChI=1S/C14H18Cl2N2O3/c1-20-8-13(19)18-12-7-17-4-5-21-14(12)9-2-3-10(15)11(16)6-9/h2-3,6,12,14,17H,4-5,7-8H2,1H3,(H,18,19)/t12-,14+/m1/s1. The van der Waals surface area contributed by atoms with Gasteiger partial charge in [-0.15, -0.1) is 0 Å². The van der Waals surface area contributed by atoms with E-state index in [9.17, 15) is 4.79 Å². The Morgan fingerprint density at radius 1 is 1.48 bits per heavy atom. The van der Waals surface area contributed by atoms with Crippen molar-refractivity contribution >= 4 is 29.1 Å². The van der Waals surface area contributed by atoms with Crippen molar-refractivity contribution < 1.29 is 14.3 Å². The van der Waals surface area contributed by atoms with E-state index in [1.165, 1.54) is 7.11 Å². The molecule has 0 unspecified atom stereocenters. The lowest BCUT2D eigenvalue weighted by Crippen LogP contribution is -2.46. The van der Waals surface area contributed by atoms with E-state index in [0.717, 1.165) is 12.1 Å². The van der Waals surface area contributed by atoms with Crippen LogP contribution in [0.4, 0.5) is 0 Å². The molecule has 1 aromatic rings. The third-order valence-electron chi connectivity index (χ3n) is 3.20. The number of ether oxygens (including phenoxy) is 2. The fourth-order valence-electron chi connectivity index (χ4n) is 2.26. The molecule has 21 heavy (non-hydrogen) atoms. The third kappa shape index (κ3) is 4.56. The lowest BCUT2D eigenvalue weighted by atomic mass is 10.0. The Morgan fingerprint density at radius 2 is 2.29 bits per heavy atom. The average Bonchev–Trinajstić information content (AvgIpc) is 2.68. The molecule has 116 valence electrons. The van der Waals surface area contributed by atoms with Crippen molar-refractivity contribution in [2.24, 2.45) is 0 Å². The fraction of sp³-hybridized carbons (Fsp3) is 0.500. The van der Waals surface area contributed by atoms with Crippen LogP contribution in [-0.4, -0.2) is 45.4 Å². The van der Waals surface area contributed by atoms with Gasteiger partial charge >= 0.3 is 0 Å². The van der Waals surface area contributed by atoms with E-state index in [4.69, 9.17) is 32.7 Å². The summed E-state index contributed by atoms with van der Waals surface area (Å²) in [7, 11) is 1.48. The van der Waals surface area contributed by atoms with Gasteiger partial charge in [-0.25, -0.2) is 0 Å². The van der Waals surface area contributed by atoms with Crippen molar-refractivity contribution in [2.75, 3.05) is 33.4 Å². The van der Waals surface area contributed by atoms with E-state index in [0.29, 0.717) is 23.2 Å². The smallest absolute Gasteiger partial charge is 0.246 e. The summed E-state index contributed by atoms with van der Waals surface area (Å²) in [5.74, 6) is -0.181. The number of rotatable bonds is 4. The molecule has 0 spiro atoms. The van der Waals surface area contributed by atoms with Crippen LogP contribution in [0.1, 0.15) is 11.7 Å². The number of carbonyl (C=O) groups is 1. The molecule has 1 aromatic carbocycles. The Hall–Kier alpha value is -0.850. The molecule has 0 saturated carbocycles. The van der Waals surface area contributed by atoms with Crippen LogP contribution < -0.4 is 10.6 Å². The zero-order valence-electron chi connectivity index (χ0n) is 11.7. The Labute approximate surface area is 133 Å². The summed E-state index contributed by atoms with van der Waals surface area (Å²) in [5, 5.41) is 7.11. The largest absolute Gasteiger partial charge is 0.375 e. The zero-order chi connectivity index (χ0) is 15.2. The number of methoxy groups -OCH3 is 1. The van der Waals surface area contributed by atoms with Crippen molar-refractivity contribution in [3.63, 3.8) is 0 Å². The first-order valence-electron chi connectivity index (χ1n) is 6.67. The summed E-state index contributed by atoms with van der Waals surface area (Å²) in [5.41, 5.74) is 0.885. The maximum atomic E-state index is 11.8. The number of benzene rings is 1. The van der Waals surface area contributed by atoms with E-state index in [2.05, 4.69) is 10.6 Å². The Kier molecular flexibility index (Phi) is 6.26. The van der Waals surface area contributed by atoms with Gasteiger partial charge in [-0.05, 0) is 17.7 Å². The van der Waals surface area contributed by atoms with Gasteiger partial charge in [-0.1, -0.05) is 29.3 Å². The highest BCUT2D eigenvalue weighted by Gasteiger charge is 2.27. The minimum atomic E-state index is -0.282. The Bertz CT molecular complexity index is 499. The van der Waals surface area contributed by atoms with Crippen LogP contribution in [-0.2, 0) is 14.3 Å². The van der Waals surface area contributed by atoms with Gasteiger partial charge in [0.1, 0.15) is 12.7 Å². The molecule has 0 aliphatic carbocycles. The van der Waals surface area contributed by atoms with Gasteiger partial charge in [0.25, 0.3) is 0 Å². The fourth-order valence-corrected chi connectivity index (χ4v) is 2.57. The van der Waals surface area contributed by atoms with Gasteiger partial charge in [0.05, 0.1) is 22.7 Å². The highest BCUT2D eigenvalue weighted by Crippen LogP contribution is 2.29. The molecule has 1 amide bonds. The van der Waals surface area contributed by atoms with Crippen LogP contribution in [0, 0.1) is 0 Å². The molecule has 7 heteroatoms. The summed E-state index contributed by atoms with van der Waals surface area (Å²) in [4.78, 5) is 11.8. The minimum Gasteiger partial charge on any atom is -0.375 e. The molecule has 5 nitrogen and oxygen atoms in total. The predicted octanol–water partition coefficient (Wildman–Crippen LogP) is 1.79. The number of hydrogen-bond donors (Lipinski definition) is 2. The second kappa shape index (κ2) is 7.96. The normalized spacial score (nSPS) is 22.6. The third-order valence-corrected chi connectivity index (χ3v) is 3.94. The summed E-state index contributed by atoms with van der Waals surface area (Å²) in [6.07, 6.45) is -0.282. The van der Waals surface area contributed by atoms with E-state index in [-0.39, 0.29) is 24.7 Å². The van der Waals surface area contributed by atoms with Crippen molar-refractivity contribution in [1.82, 2.24) is 10.6 Å². The Morgan fingerprint density at radius 3 is 3.00 bits per heavy atom. The molecule has 0 aromatic heterocycles. The monoisotopic (exact) mass is 332 g/mol. The highest BCUT2D eigenvalue weighted by molar-refractivity contribution is 6.42. The molecular weight excluding hydrogens is 315 g/mol. The van der Waals surface area contributed by atoms with Crippen LogP contribution in [0.5, 0.6) is 0 Å². The number of nitrogens with one attached hydrogen (secondary N) is 2. The zero-order valence-corrected chi connectivity index (χ0v) is 13.2. The molecule has 1 heterocycles. The topological polar surface area (TPSA) is 59.6 Å². The number of carbonyl (C=O) groups excluding carboxylic acids is 1. The maximum Gasteiger partial charge on any atom is 0.246 e. The molecule has 1 aliphatic rings. The summed E-state index contributed by atoms with van der Waals surface area (Å²) < 4.78 is 10.7. The molecular formula is C14H18Cl2N2O3. The second-order valence-corrected chi connectivity index (χ2v) is 5.59. The average molecular weight is 333 g/mol. The van der Waals surface area contributed by atoms with Gasteiger partial charge in [0.2, 0.25) is 5.91 Å². The van der Waals surface area contributed by atoms with Crippen LogP contribution in [0.2, 0.25) is 10.0 Å². The van der Waals surface area contributed by atoms with Crippen molar-refractivity contribution in [3.05, 3.63) is 33.8 Å².